The summed E-state index contributed by atoms with van der Waals surface area (Å²) < 4.78 is 0. The molecule has 0 radical (unpaired) electrons. The number of nitrogens with zero attached hydrogens (tertiary/aromatic N) is 2. The topological polar surface area (TPSA) is 45.2 Å². The van der Waals surface area contributed by atoms with Gasteiger partial charge in [0.2, 0.25) is 0 Å². The highest BCUT2D eigenvalue weighted by atomic mass is 35.5. The van der Waals surface area contributed by atoms with E-state index in [2.05, 4.69) is 22.1 Å². The lowest BCUT2D eigenvalue weighted by Crippen LogP contribution is -2.40. The zero-order valence-corrected chi connectivity index (χ0v) is 12.3. The Balaban J connectivity index is 1.90. The number of hydrogen-bond acceptors (Lipinski definition) is 3. The first-order valence-corrected chi connectivity index (χ1v) is 7.18. The second-order valence-electron chi connectivity index (χ2n) is 4.77. The fourth-order valence-electron chi connectivity index (χ4n) is 2.23. The third-order valence-corrected chi connectivity index (χ3v) is 3.88. The maximum absolute atomic E-state index is 12.0. The van der Waals surface area contributed by atoms with Gasteiger partial charge in [-0.25, -0.2) is 4.98 Å². The van der Waals surface area contributed by atoms with E-state index in [1.807, 2.05) is 0 Å². The smallest absolute Gasteiger partial charge is 0.254 e. The number of carbonyl (C=O) groups is 1. The lowest BCUT2D eigenvalue weighted by molar-refractivity contribution is 0.0940. The average Bonchev–Trinajstić information content (AvgIpc) is 2.89. The molecule has 0 bridgehead atoms. The van der Waals surface area contributed by atoms with Crippen molar-refractivity contribution in [3.8, 4) is 0 Å². The number of aromatic nitrogens is 1. The van der Waals surface area contributed by atoms with Crippen molar-refractivity contribution in [3.63, 3.8) is 0 Å². The van der Waals surface area contributed by atoms with Gasteiger partial charge in [-0.2, -0.15) is 0 Å². The third kappa shape index (κ3) is 3.81. The summed E-state index contributed by atoms with van der Waals surface area (Å²) in [7, 11) is 0. The van der Waals surface area contributed by atoms with Crippen molar-refractivity contribution in [2.75, 3.05) is 19.6 Å². The van der Waals surface area contributed by atoms with E-state index in [0.29, 0.717) is 18.2 Å². The van der Waals surface area contributed by atoms with Crippen molar-refractivity contribution in [2.24, 2.45) is 0 Å². The summed E-state index contributed by atoms with van der Waals surface area (Å²) in [6.45, 7) is 4.95. The van der Waals surface area contributed by atoms with Gasteiger partial charge in [0.15, 0.2) is 0 Å². The molecule has 6 heteroatoms. The molecule has 1 saturated heterocycles. The Hall–Kier alpha value is -0.840. The number of carbonyl (C=O) groups excluding carboxylic acids is 1. The molecule has 1 aliphatic rings. The van der Waals surface area contributed by atoms with Crippen LogP contribution in [0.4, 0.5) is 0 Å². The quantitative estimate of drug-likeness (QED) is 0.870. The summed E-state index contributed by atoms with van der Waals surface area (Å²) >= 11 is 11.6. The van der Waals surface area contributed by atoms with Gasteiger partial charge in [0.1, 0.15) is 10.3 Å². The van der Waals surface area contributed by atoms with Crippen LogP contribution in [0.1, 0.15) is 30.1 Å². The molecule has 19 heavy (non-hydrogen) atoms. The van der Waals surface area contributed by atoms with Gasteiger partial charge in [-0.3, -0.25) is 9.69 Å². The van der Waals surface area contributed by atoms with Crippen LogP contribution in [-0.4, -0.2) is 41.5 Å². The SMILES string of the molecule is CC(CNC(=O)c1ccc(Cl)nc1Cl)N1CCCC1. The van der Waals surface area contributed by atoms with Crippen LogP contribution in [0.5, 0.6) is 0 Å². The molecule has 1 aromatic heterocycles. The Kier molecular flexibility index (Phi) is 5.02. The number of rotatable bonds is 4. The van der Waals surface area contributed by atoms with Crippen LogP contribution >= 0.6 is 23.2 Å². The van der Waals surface area contributed by atoms with Crippen molar-refractivity contribution in [1.82, 2.24) is 15.2 Å². The van der Waals surface area contributed by atoms with Gasteiger partial charge in [0.25, 0.3) is 5.91 Å². The Morgan fingerprint density at radius 2 is 2.11 bits per heavy atom. The highest BCUT2D eigenvalue weighted by Gasteiger charge is 2.19. The number of nitrogens with one attached hydrogen (secondary N) is 1. The van der Waals surface area contributed by atoms with Crippen LogP contribution < -0.4 is 5.32 Å². The Morgan fingerprint density at radius 1 is 1.42 bits per heavy atom. The Morgan fingerprint density at radius 3 is 2.74 bits per heavy atom. The molecule has 104 valence electrons. The number of likely N-dealkylation sites (tertiary alicyclic amines) is 1. The van der Waals surface area contributed by atoms with Crippen molar-refractivity contribution in [1.29, 1.82) is 0 Å². The maximum atomic E-state index is 12.0. The van der Waals surface area contributed by atoms with Crippen molar-refractivity contribution < 1.29 is 4.79 Å². The minimum atomic E-state index is -0.208. The standard InChI is InChI=1S/C13H17Cl2N3O/c1-9(18-6-2-3-7-18)8-16-13(19)10-4-5-11(14)17-12(10)15/h4-5,9H,2-3,6-8H2,1H3,(H,16,19). The molecule has 1 aromatic rings. The van der Waals surface area contributed by atoms with Crippen LogP contribution in [0.15, 0.2) is 12.1 Å². The summed E-state index contributed by atoms with van der Waals surface area (Å²) in [6.07, 6.45) is 2.48. The molecule has 1 unspecified atom stereocenters. The van der Waals surface area contributed by atoms with Crippen LogP contribution in [0.25, 0.3) is 0 Å². The third-order valence-electron chi connectivity index (χ3n) is 3.38. The first-order chi connectivity index (χ1) is 9.08. The summed E-state index contributed by atoms with van der Waals surface area (Å²) in [5.74, 6) is -0.208. The molecule has 1 amide bonds. The van der Waals surface area contributed by atoms with Gasteiger partial charge >= 0.3 is 0 Å². The van der Waals surface area contributed by atoms with Crippen molar-refractivity contribution in [2.45, 2.75) is 25.8 Å². The second kappa shape index (κ2) is 6.55. The predicted molar refractivity (Wildman–Crippen MR) is 76.9 cm³/mol. The van der Waals surface area contributed by atoms with Gasteiger partial charge < -0.3 is 5.32 Å². The molecule has 2 heterocycles. The molecule has 0 aliphatic carbocycles. The largest absolute Gasteiger partial charge is 0.350 e. The molecule has 4 nitrogen and oxygen atoms in total. The maximum Gasteiger partial charge on any atom is 0.254 e. The zero-order chi connectivity index (χ0) is 13.8. The Labute approximate surface area is 123 Å². The van der Waals surface area contributed by atoms with E-state index < -0.39 is 0 Å². The predicted octanol–water partition coefficient (Wildman–Crippen LogP) is 2.60. The van der Waals surface area contributed by atoms with E-state index in [0.717, 1.165) is 13.1 Å². The minimum absolute atomic E-state index is 0.138. The molecule has 0 spiro atoms. The van der Waals surface area contributed by atoms with Crippen molar-refractivity contribution >= 4 is 29.1 Å². The van der Waals surface area contributed by atoms with E-state index in [1.165, 1.54) is 12.8 Å². The van der Waals surface area contributed by atoms with E-state index in [9.17, 15) is 4.79 Å². The van der Waals surface area contributed by atoms with Crippen LogP contribution in [0, 0.1) is 0 Å². The summed E-state index contributed by atoms with van der Waals surface area (Å²) in [4.78, 5) is 18.2. The number of pyridine rings is 1. The minimum Gasteiger partial charge on any atom is -0.350 e. The number of amides is 1. The van der Waals surface area contributed by atoms with Gasteiger partial charge in [0, 0.05) is 12.6 Å². The molecule has 2 rings (SSSR count). The Bertz CT molecular complexity index is 461. The lowest BCUT2D eigenvalue weighted by atomic mass is 10.2. The van der Waals surface area contributed by atoms with E-state index in [1.54, 1.807) is 12.1 Å². The summed E-state index contributed by atoms with van der Waals surface area (Å²) in [6, 6.07) is 3.49. The monoisotopic (exact) mass is 301 g/mol. The van der Waals surface area contributed by atoms with Gasteiger partial charge in [0.05, 0.1) is 5.56 Å². The summed E-state index contributed by atoms with van der Waals surface area (Å²) in [5, 5.41) is 3.31. The fraction of sp³-hybridized carbons (Fsp3) is 0.538. The molecule has 0 aromatic carbocycles. The zero-order valence-electron chi connectivity index (χ0n) is 10.8. The fourth-order valence-corrected chi connectivity index (χ4v) is 2.66. The van der Waals surface area contributed by atoms with E-state index in [-0.39, 0.29) is 16.2 Å². The number of halogens is 2. The van der Waals surface area contributed by atoms with Crippen LogP contribution in [-0.2, 0) is 0 Å². The summed E-state index contributed by atoms with van der Waals surface area (Å²) in [5.41, 5.74) is 0.361. The number of hydrogen-bond donors (Lipinski definition) is 1. The molecular formula is C13H17Cl2N3O. The molecule has 0 saturated carbocycles. The van der Waals surface area contributed by atoms with Gasteiger partial charge in [-0.15, -0.1) is 0 Å². The van der Waals surface area contributed by atoms with E-state index in [4.69, 9.17) is 23.2 Å². The van der Waals surface area contributed by atoms with Crippen molar-refractivity contribution in [3.05, 3.63) is 28.0 Å². The highest BCUT2D eigenvalue weighted by Crippen LogP contribution is 2.16. The normalized spacial score (nSPS) is 17.4. The van der Waals surface area contributed by atoms with Crippen LogP contribution in [0.2, 0.25) is 10.3 Å². The average molecular weight is 302 g/mol. The molecular weight excluding hydrogens is 285 g/mol. The first kappa shape index (κ1) is 14.6. The van der Waals surface area contributed by atoms with Crippen LogP contribution in [0.3, 0.4) is 0 Å². The van der Waals surface area contributed by atoms with Gasteiger partial charge in [-0.05, 0) is 45.0 Å². The molecule has 1 aliphatic heterocycles. The molecule has 1 N–H and O–H groups in total. The molecule has 1 fully saturated rings. The van der Waals surface area contributed by atoms with Gasteiger partial charge in [-0.1, -0.05) is 23.2 Å². The first-order valence-electron chi connectivity index (χ1n) is 6.42. The lowest BCUT2D eigenvalue weighted by Gasteiger charge is -2.23. The van der Waals surface area contributed by atoms with E-state index >= 15 is 0 Å². The highest BCUT2D eigenvalue weighted by molar-refractivity contribution is 6.34. The molecule has 1 atom stereocenters. The second-order valence-corrected chi connectivity index (χ2v) is 5.52.